The van der Waals surface area contributed by atoms with Gasteiger partial charge in [0.25, 0.3) is 0 Å². The molecule has 1 aliphatic rings. The van der Waals surface area contributed by atoms with E-state index in [9.17, 15) is 0 Å². The maximum absolute atomic E-state index is 5.53. The number of hydrogen-bond acceptors (Lipinski definition) is 2. The van der Waals surface area contributed by atoms with Crippen LogP contribution < -0.4 is 0 Å². The van der Waals surface area contributed by atoms with E-state index in [0.29, 0.717) is 0 Å². The van der Waals surface area contributed by atoms with Crippen molar-refractivity contribution < 1.29 is 9.47 Å². The van der Waals surface area contributed by atoms with Gasteiger partial charge in [-0.05, 0) is 6.42 Å². The second kappa shape index (κ2) is 2.46. The van der Waals surface area contributed by atoms with Crippen molar-refractivity contribution in [2.75, 3.05) is 14.2 Å². The zero-order valence-electron chi connectivity index (χ0n) is 9.02. The van der Waals surface area contributed by atoms with Crippen LogP contribution in [0.25, 0.3) is 0 Å². The lowest BCUT2D eigenvalue weighted by Gasteiger charge is -2.64. The molecule has 0 radical (unpaired) electrons. The van der Waals surface area contributed by atoms with E-state index < -0.39 is 5.79 Å². The molecule has 2 nitrogen and oxygen atoms in total. The zero-order chi connectivity index (χ0) is 9.62. The first kappa shape index (κ1) is 10.0. The predicted molar refractivity (Wildman–Crippen MR) is 48.9 cm³/mol. The van der Waals surface area contributed by atoms with E-state index in [4.69, 9.17) is 9.47 Å². The van der Waals surface area contributed by atoms with Gasteiger partial charge in [-0.15, -0.1) is 0 Å². The summed E-state index contributed by atoms with van der Waals surface area (Å²) < 4.78 is 11.1. The fourth-order valence-corrected chi connectivity index (χ4v) is 3.34. The molecule has 0 bridgehead atoms. The van der Waals surface area contributed by atoms with Crippen molar-refractivity contribution in [3.8, 4) is 0 Å². The summed E-state index contributed by atoms with van der Waals surface area (Å²) in [6.45, 7) is 8.74. The molecule has 1 saturated carbocycles. The molecule has 0 amide bonds. The fourth-order valence-electron chi connectivity index (χ4n) is 3.34. The third kappa shape index (κ3) is 0.882. The van der Waals surface area contributed by atoms with E-state index >= 15 is 0 Å². The second-order valence-electron chi connectivity index (χ2n) is 4.97. The molecular formula is C10H20O2. The Bertz CT molecular complexity index is 162. The van der Waals surface area contributed by atoms with Gasteiger partial charge in [-0.25, -0.2) is 0 Å². The van der Waals surface area contributed by atoms with Crippen LogP contribution in [-0.4, -0.2) is 20.0 Å². The van der Waals surface area contributed by atoms with E-state index in [-0.39, 0.29) is 10.8 Å². The summed E-state index contributed by atoms with van der Waals surface area (Å²) >= 11 is 0. The Hall–Kier alpha value is -0.0800. The predicted octanol–water partition coefficient (Wildman–Crippen LogP) is 2.43. The lowest BCUT2D eigenvalue weighted by Crippen LogP contribution is -2.68. The normalized spacial score (nSPS) is 29.5. The van der Waals surface area contributed by atoms with Gasteiger partial charge in [0.2, 0.25) is 0 Å². The largest absolute Gasteiger partial charge is 0.352 e. The van der Waals surface area contributed by atoms with Crippen LogP contribution in [-0.2, 0) is 9.47 Å². The minimum atomic E-state index is -0.403. The quantitative estimate of drug-likeness (QED) is 0.596. The maximum Gasteiger partial charge on any atom is 0.177 e. The van der Waals surface area contributed by atoms with Crippen molar-refractivity contribution in [1.82, 2.24) is 0 Å². The minimum absolute atomic E-state index is 0.125. The molecule has 1 rings (SSSR count). The molecule has 0 aliphatic heterocycles. The van der Waals surface area contributed by atoms with Crippen LogP contribution in [0.1, 0.15) is 34.1 Å². The molecule has 2 heteroatoms. The molecule has 0 unspecified atom stereocenters. The Morgan fingerprint density at radius 2 is 1.17 bits per heavy atom. The van der Waals surface area contributed by atoms with E-state index in [1.165, 1.54) is 0 Å². The van der Waals surface area contributed by atoms with Crippen molar-refractivity contribution >= 4 is 0 Å². The number of rotatable bonds is 2. The first-order valence-electron chi connectivity index (χ1n) is 4.43. The highest BCUT2D eigenvalue weighted by Crippen LogP contribution is 2.63. The van der Waals surface area contributed by atoms with Gasteiger partial charge in [0, 0.05) is 25.0 Å². The highest BCUT2D eigenvalue weighted by molar-refractivity contribution is 5.10. The Morgan fingerprint density at radius 3 is 1.25 bits per heavy atom. The van der Waals surface area contributed by atoms with E-state index in [1.54, 1.807) is 14.2 Å². The fraction of sp³-hybridized carbons (Fsp3) is 1.00. The van der Waals surface area contributed by atoms with E-state index in [0.717, 1.165) is 6.42 Å². The molecule has 0 N–H and O–H groups in total. The van der Waals surface area contributed by atoms with Gasteiger partial charge in [0.15, 0.2) is 5.79 Å². The Labute approximate surface area is 75.2 Å². The average Bonchev–Trinajstić information content (AvgIpc) is 1.85. The van der Waals surface area contributed by atoms with Crippen LogP contribution in [0.4, 0.5) is 0 Å². The molecule has 0 aromatic carbocycles. The van der Waals surface area contributed by atoms with Crippen molar-refractivity contribution in [2.45, 2.75) is 39.9 Å². The highest BCUT2D eigenvalue weighted by atomic mass is 16.7. The Balaban J connectivity index is 2.96. The van der Waals surface area contributed by atoms with Crippen LogP contribution in [0.2, 0.25) is 0 Å². The zero-order valence-corrected chi connectivity index (χ0v) is 9.02. The van der Waals surface area contributed by atoms with Crippen molar-refractivity contribution in [3.63, 3.8) is 0 Å². The first-order chi connectivity index (χ1) is 5.33. The summed E-state index contributed by atoms with van der Waals surface area (Å²) in [4.78, 5) is 0. The standard InChI is InChI=1S/C10H20O2/c1-8(2)7-9(3,4)10(8,11-5)12-6/h7H2,1-6H3. The maximum atomic E-state index is 5.53. The van der Waals surface area contributed by atoms with Gasteiger partial charge in [-0.2, -0.15) is 0 Å². The molecule has 12 heavy (non-hydrogen) atoms. The van der Waals surface area contributed by atoms with Crippen molar-refractivity contribution in [3.05, 3.63) is 0 Å². The number of ether oxygens (including phenoxy) is 2. The molecule has 72 valence electrons. The van der Waals surface area contributed by atoms with Crippen LogP contribution in [0, 0.1) is 10.8 Å². The first-order valence-corrected chi connectivity index (χ1v) is 4.43. The average molecular weight is 172 g/mol. The minimum Gasteiger partial charge on any atom is -0.352 e. The van der Waals surface area contributed by atoms with Crippen LogP contribution in [0.5, 0.6) is 0 Å². The van der Waals surface area contributed by atoms with Crippen molar-refractivity contribution in [1.29, 1.82) is 0 Å². The number of methoxy groups -OCH3 is 2. The van der Waals surface area contributed by atoms with Crippen LogP contribution in [0.15, 0.2) is 0 Å². The Kier molecular flexibility index (Phi) is 2.05. The molecule has 1 fully saturated rings. The van der Waals surface area contributed by atoms with E-state index in [1.807, 2.05) is 0 Å². The molecule has 0 saturated heterocycles. The van der Waals surface area contributed by atoms with Gasteiger partial charge in [0.1, 0.15) is 0 Å². The molecular weight excluding hydrogens is 152 g/mol. The lowest BCUT2D eigenvalue weighted by atomic mass is 9.50. The topological polar surface area (TPSA) is 18.5 Å². The van der Waals surface area contributed by atoms with Crippen molar-refractivity contribution in [2.24, 2.45) is 10.8 Å². The van der Waals surface area contributed by atoms with Gasteiger partial charge in [0.05, 0.1) is 0 Å². The van der Waals surface area contributed by atoms with Crippen LogP contribution in [0.3, 0.4) is 0 Å². The number of hydrogen-bond donors (Lipinski definition) is 0. The summed E-state index contributed by atoms with van der Waals surface area (Å²) in [6, 6.07) is 0. The summed E-state index contributed by atoms with van der Waals surface area (Å²) in [5.74, 6) is -0.403. The van der Waals surface area contributed by atoms with E-state index in [2.05, 4.69) is 27.7 Å². The Morgan fingerprint density at radius 1 is 0.833 bits per heavy atom. The SMILES string of the molecule is COC1(OC)C(C)(C)CC1(C)C. The van der Waals surface area contributed by atoms with Crippen LogP contribution >= 0.6 is 0 Å². The van der Waals surface area contributed by atoms with Gasteiger partial charge >= 0.3 is 0 Å². The molecule has 0 spiro atoms. The summed E-state index contributed by atoms with van der Waals surface area (Å²) in [5, 5.41) is 0. The summed E-state index contributed by atoms with van der Waals surface area (Å²) in [5.41, 5.74) is 0.250. The molecule has 0 heterocycles. The lowest BCUT2D eigenvalue weighted by molar-refractivity contribution is -0.388. The summed E-state index contributed by atoms with van der Waals surface area (Å²) in [7, 11) is 3.46. The monoisotopic (exact) mass is 172 g/mol. The molecule has 0 aromatic rings. The molecule has 1 aliphatic carbocycles. The smallest absolute Gasteiger partial charge is 0.177 e. The molecule has 0 aromatic heterocycles. The third-order valence-corrected chi connectivity index (χ3v) is 3.24. The third-order valence-electron chi connectivity index (χ3n) is 3.24. The second-order valence-corrected chi connectivity index (χ2v) is 4.97. The highest BCUT2D eigenvalue weighted by Gasteiger charge is 2.67. The van der Waals surface area contributed by atoms with Gasteiger partial charge < -0.3 is 9.47 Å². The van der Waals surface area contributed by atoms with Gasteiger partial charge in [-0.1, -0.05) is 27.7 Å². The van der Waals surface area contributed by atoms with Gasteiger partial charge in [-0.3, -0.25) is 0 Å². The molecule has 0 atom stereocenters. The summed E-state index contributed by atoms with van der Waals surface area (Å²) in [6.07, 6.45) is 1.14.